The van der Waals surface area contributed by atoms with E-state index in [2.05, 4.69) is 4.74 Å². The summed E-state index contributed by atoms with van der Waals surface area (Å²) in [6.45, 7) is 0. The van der Waals surface area contributed by atoms with Crippen molar-refractivity contribution >= 4 is 5.69 Å². The molecule has 0 aliphatic rings. The third-order valence-corrected chi connectivity index (χ3v) is 6.60. The van der Waals surface area contributed by atoms with E-state index in [9.17, 15) is 13.2 Å². The Kier molecular flexibility index (Phi) is 7.18. The third kappa shape index (κ3) is 5.57. The first-order valence-electron chi connectivity index (χ1n) is 12.3. The van der Waals surface area contributed by atoms with E-state index < -0.39 is 18.2 Å². The average molecular weight is 510 g/mol. The highest BCUT2D eigenvalue weighted by Gasteiger charge is 2.33. The lowest BCUT2D eigenvalue weighted by Crippen LogP contribution is -2.19. The van der Waals surface area contributed by atoms with E-state index in [1.807, 2.05) is 121 Å². The summed E-state index contributed by atoms with van der Waals surface area (Å²) in [7, 11) is 0. The second-order valence-electron chi connectivity index (χ2n) is 9.07. The van der Waals surface area contributed by atoms with E-state index in [-0.39, 0.29) is 5.75 Å². The Morgan fingerprint density at radius 1 is 0.500 bits per heavy atom. The van der Waals surface area contributed by atoms with Crippen LogP contribution >= 0.6 is 0 Å². The molecular weight excluding hydrogens is 483 g/mol. The molecule has 0 unspecified atom stereocenters. The molecular formula is C33H26F3NO. The molecule has 0 radical (unpaired) electrons. The van der Waals surface area contributed by atoms with Crippen molar-refractivity contribution in [2.45, 2.75) is 18.2 Å². The van der Waals surface area contributed by atoms with Crippen LogP contribution in [0.5, 0.6) is 5.75 Å². The number of nitrogen functional groups attached to an aromatic ring is 1. The van der Waals surface area contributed by atoms with Gasteiger partial charge in [0.15, 0.2) is 0 Å². The van der Waals surface area contributed by atoms with Crippen LogP contribution in [0.15, 0.2) is 133 Å². The summed E-state index contributed by atoms with van der Waals surface area (Å²) in [6, 6.07) is 41.4. The second kappa shape index (κ2) is 10.9. The van der Waals surface area contributed by atoms with Crippen LogP contribution in [-0.4, -0.2) is 6.36 Å². The lowest BCUT2D eigenvalue weighted by molar-refractivity contribution is -0.274. The molecule has 0 saturated carbocycles. The van der Waals surface area contributed by atoms with E-state index in [1.54, 1.807) is 0 Å². The summed E-state index contributed by atoms with van der Waals surface area (Å²) in [4.78, 5) is 0. The van der Waals surface area contributed by atoms with Crippen LogP contribution in [0.3, 0.4) is 0 Å². The molecule has 5 aromatic carbocycles. The van der Waals surface area contributed by atoms with Gasteiger partial charge in [-0.2, -0.15) is 0 Å². The molecule has 0 aliphatic carbocycles. The first-order valence-corrected chi connectivity index (χ1v) is 12.3. The van der Waals surface area contributed by atoms with Crippen molar-refractivity contribution in [3.8, 4) is 5.75 Å². The van der Waals surface area contributed by atoms with Crippen molar-refractivity contribution in [2.24, 2.45) is 0 Å². The van der Waals surface area contributed by atoms with Gasteiger partial charge < -0.3 is 10.5 Å². The van der Waals surface area contributed by atoms with Crippen molar-refractivity contribution in [1.29, 1.82) is 0 Å². The second-order valence-corrected chi connectivity index (χ2v) is 9.07. The Morgan fingerprint density at radius 2 is 0.789 bits per heavy atom. The van der Waals surface area contributed by atoms with Gasteiger partial charge in [-0.1, -0.05) is 121 Å². The predicted octanol–water partition coefficient (Wildman–Crippen LogP) is 8.53. The molecule has 0 heterocycles. The maximum absolute atomic E-state index is 13.5. The summed E-state index contributed by atoms with van der Waals surface area (Å²) in [5.74, 6) is -1.11. The SMILES string of the molecule is Nc1c(C(c2ccccc2)c2ccccc2)cc(OC(F)(F)F)cc1C(c1ccccc1)c1ccccc1. The zero-order chi connectivity index (χ0) is 26.5. The lowest BCUT2D eigenvalue weighted by Gasteiger charge is -2.27. The summed E-state index contributed by atoms with van der Waals surface area (Å²) in [6.07, 6.45) is -4.85. The van der Waals surface area contributed by atoms with Crippen LogP contribution in [0.4, 0.5) is 18.9 Å². The maximum Gasteiger partial charge on any atom is 0.573 e. The van der Waals surface area contributed by atoms with Crippen molar-refractivity contribution in [2.75, 3.05) is 5.73 Å². The van der Waals surface area contributed by atoms with E-state index >= 15 is 0 Å². The number of hydrogen-bond donors (Lipinski definition) is 1. The van der Waals surface area contributed by atoms with Gasteiger partial charge in [0.05, 0.1) is 0 Å². The highest BCUT2D eigenvalue weighted by molar-refractivity contribution is 5.67. The van der Waals surface area contributed by atoms with Crippen LogP contribution < -0.4 is 10.5 Å². The zero-order valence-electron chi connectivity index (χ0n) is 20.5. The van der Waals surface area contributed by atoms with Gasteiger partial charge in [-0.25, -0.2) is 0 Å². The number of benzene rings is 5. The fourth-order valence-corrected chi connectivity index (χ4v) is 5.03. The fraction of sp³-hybridized carbons (Fsp3) is 0.0909. The molecule has 190 valence electrons. The van der Waals surface area contributed by atoms with Crippen LogP contribution in [-0.2, 0) is 0 Å². The third-order valence-electron chi connectivity index (χ3n) is 6.60. The van der Waals surface area contributed by atoms with Gasteiger partial charge >= 0.3 is 6.36 Å². The highest BCUT2D eigenvalue weighted by Crippen LogP contribution is 2.44. The van der Waals surface area contributed by atoms with Crippen molar-refractivity contribution in [3.63, 3.8) is 0 Å². The number of hydrogen-bond acceptors (Lipinski definition) is 2. The molecule has 5 heteroatoms. The molecule has 0 fully saturated rings. The number of rotatable bonds is 7. The number of anilines is 1. The Balaban J connectivity index is 1.79. The normalized spacial score (nSPS) is 11.6. The average Bonchev–Trinajstić information content (AvgIpc) is 2.93. The Bertz CT molecular complexity index is 1290. The molecule has 0 spiro atoms. The van der Waals surface area contributed by atoms with Crippen molar-refractivity contribution in [1.82, 2.24) is 0 Å². The zero-order valence-corrected chi connectivity index (χ0v) is 20.5. The van der Waals surface area contributed by atoms with Gasteiger partial charge in [0.1, 0.15) is 5.75 Å². The van der Waals surface area contributed by atoms with Crippen LogP contribution in [0, 0.1) is 0 Å². The number of nitrogens with two attached hydrogens (primary N) is 1. The van der Waals surface area contributed by atoms with Crippen LogP contribution in [0.2, 0.25) is 0 Å². The summed E-state index contributed by atoms with van der Waals surface area (Å²) in [5, 5.41) is 0. The predicted molar refractivity (Wildman–Crippen MR) is 145 cm³/mol. The summed E-state index contributed by atoms with van der Waals surface area (Å²) < 4.78 is 45.2. The van der Waals surface area contributed by atoms with Gasteiger partial charge in [-0.05, 0) is 45.5 Å². The molecule has 0 bridgehead atoms. The minimum atomic E-state index is -4.85. The topological polar surface area (TPSA) is 35.2 Å². The smallest absolute Gasteiger partial charge is 0.406 e. The number of ether oxygens (including phenoxy) is 1. The maximum atomic E-state index is 13.5. The van der Waals surface area contributed by atoms with Crippen LogP contribution in [0.1, 0.15) is 45.2 Å². The molecule has 2 nitrogen and oxygen atoms in total. The summed E-state index contributed by atoms with van der Waals surface area (Å²) in [5.41, 5.74) is 12.1. The molecule has 0 amide bonds. The van der Waals surface area contributed by atoms with Gasteiger partial charge in [-0.3, -0.25) is 0 Å². The van der Waals surface area contributed by atoms with Gasteiger partial charge in [0.25, 0.3) is 0 Å². The quantitative estimate of drug-likeness (QED) is 0.176. The Hall–Kier alpha value is -4.51. The minimum Gasteiger partial charge on any atom is -0.406 e. The fourth-order valence-electron chi connectivity index (χ4n) is 5.03. The van der Waals surface area contributed by atoms with Crippen molar-refractivity contribution < 1.29 is 17.9 Å². The minimum absolute atomic E-state index is 0.301. The molecule has 2 N–H and O–H groups in total. The first-order chi connectivity index (χ1) is 18.4. The first kappa shape index (κ1) is 25.2. The van der Waals surface area contributed by atoms with Gasteiger partial charge in [0.2, 0.25) is 0 Å². The monoisotopic (exact) mass is 509 g/mol. The molecule has 0 aliphatic heterocycles. The largest absolute Gasteiger partial charge is 0.573 e. The number of halogens is 3. The summed E-state index contributed by atoms with van der Waals surface area (Å²) >= 11 is 0. The van der Waals surface area contributed by atoms with E-state index in [1.165, 1.54) is 12.1 Å². The number of alkyl halides is 3. The van der Waals surface area contributed by atoms with Crippen molar-refractivity contribution in [3.05, 3.63) is 167 Å². The van der Waals surface area contributed by atoms with Gasteiger partial charge in [0, 0.05) is 17.5 Å². The standard InChI is InChI=1S/C33H26F3NO/c34-33(35,36)38-27-21-28(30(23-13-5-1-6-14-23)24-15-7-2-8-16-24)32(37)29(22-27)31(25-17-9-3-10-18-25)26-19-11-4-12-20-26/h1-22,30-31H,37H2. The highest BCUT2D eigenvalue weighted by atomic mass is 19.4. The van der Waals surface area contributed by atoms with E-state index in [0.29, 0.717) is 16.8 Å². The molecule has 0 saturated heterocycles. The molecule has 0 atom stereocenters. The Labute approximate surface area is 220 Å². The molecule has 5 rings (SSSR count). The molecule has 0 aromatic heterocycles. The van der Waals surface area contributed by atoms with Gasteiger partial charge in [-0.15, -0.1) is 13.2 Å². The molecule has 38 heavy (non-hydrogen) atoms. The van der Waals surface area contributed by atoms with Crippen LogP contribution in [0.25, 0.3) is 0 Å². The van der Waals surface area contributed by atoms with E-state index in [0.717, 1.165) is 22.3 Å². The Morgan fingerprint density at radius 3 is 1.05 bits per heavy atom. The molecule has 5 aromatic rings. The van der Waals surface area contributed by atoms with E-state index in [4.69, 9.17) is 5.73 Å². The lowest BCUT2D eigenvalue weighted by atomic mass is 9.79.